The van der Waals surface area contributed by atoms with E-state index in [0.29, 0.717) is 56.1 Å². The lowest BCUT2D eigenvalue weighted by molar-refractivity contribution is 0.0525. The monoisotopic (exact) mass is 477 g/mol. The van der Waals surface area contributed by atoms with Crippen LogP contribution in [0.5, 0.6) is 11.5 Å². The van der Waals surface area contributed by atoms with Crippen LogP contribution in [0.25, 0.3) is 0 Å². The number of hydrogen-bond donors (Lipinski definition) is 1. The Hall–Kier alpha value is -3.84. The molecule has 0 aliphatic rings. The summed E-state index contributed by atoms with van der Waals surface area (Å²) in [6.45, 7) is 4.25. The maximum Gasteiger partial charge on any atom is 0.338 e. The Morgan fingerprint density at radius 1 is 0.857 bits per heavy atom. The molecule has 35 heavy (non-hydrogen) atoms. The Balaban J connectivity index is 1.67. The van der Waals surface area contributed by atoms with Gasteiger partial charge in [0.25, 0.3) is 0 Å². The number of ether oxygens (including phenoxy) is 3. The number of phenols is 1. The van der Waals surface area contributed by atoms with Crippen LogP contribution in [0.4, 0.5) is 0 Å². The van der Waals surface area contributed by atoms with E-state index in [4.69, 9.17) is 14.2 Å². The van der Waals surface area contributed by atoms with Crippen LogP contribution in [-0.4, -0.2) is 55.4 Å². The molecule has 184 valence electrons. The zero-order valence-electron chi connectivity index (χ0n) is 20.1. The van der Waals surface area contributed by atoms with Crippen LogP contribution in [-0.2, 0) is 22.4 Å². The lowest BCUT2D eigenvalue weighted by Gasteiger charge is -2.24. The second-order valence-electron chi connectivity index (χ2n) is 7.90. The van der Waals surface area contributed by atoms with Gasteiger partial charge < -0.3 is 19.3 Å². The van der Waals surface area contributed by atoms with Crippen LogP contribution < -0.4 is 4.74 Å². The maximum atomic E-state index is 12.2. The quantitative estimate of drug-likeness (QED) is 0.385. The molecule has 0 bridgehead atoms. The third kappa shape index (κ3) is 7.58. The second-order valence-corrected chi connectivity index (χ2v) is 7.90. The van der Waals surface area contributed by atoms with Crippen molar-refractivity contribution in [2.24, 2.45) is 0 Å². The zero-order valence-corrected chi connectivity index (χ0v) is 20.1. The molecule has 0 aromatic heterocycles. The van der Waals surface area contributed by atoms with Crippen molar-refractivity contribution in [1.29, 1.82) is 0 Å². The first-order chi connectivity index (χ1) is 17.0. The second kappa shape index (κ2) is 13.2. The van der Waals surface area contributed by atoms with Gasteiger partial charge in [0.15, 0.2) is 0 Å². The summed E-state index contributed by atoms with van der Waals surface area (Å²) in [6, 6.07) is 21.5. The van der Waals surface area contributed by atoms with Gasteiger partial charge in [-0.3, -0.25) is 4.90 Å². The summed E-state index contributed by atoms with van der Waals surface area (Å²) < 4.78 is 15.9. The molecule has 0 fully saturated rings. The van der Waals surface area contributed by atoms with Gasteiger partial charge in [0.05, 0.1) is 24.8 Å². The van der Waals surface area contributed by atoms with E-state index in [1.807, 2.05) is 30.3 Å². The summed E-state index contributed by atoms with van der Waals surface area (Å²) in [5.74, 6) is 0.173. The van der Waals surface area contributed by atoms with E-state index in [0.717, 1.165) is 11.1 Å². The molecule has 3 aromatic rings. The molecule has 7 heteroatoms. The molecule has 0 aliphatic carbocycles. The van der Waals surface area contributed by atoms with Crippen molar-refractivity contribution in [3.63, 3.8) is 0 Å². The van der Waals surface area contributed by atoms with Crippen LogP contribution in [0, 0.1) is 0 Å². The molecule has 0 aliphatic heterocycles. The Bertz CT molecular complexity index is 1110. The normalized spacial score (nSPS) is 10.7. The number of rotatable bonds is 12. The number of carbonyl (C=O) groups excluding carboxylic acids is 2. The number of hydrogen-bond acceptors (Lipinski definition) is 7. The molecule has 0 saturated heterocycles. The highest BCUT2D eigenvalue weighted by molar-refractivity contribution is 5.91. The first-order valence-corrected chi connectivity index (χ1v) is 11.6. The number of phenolic OH excluding ortho intramolecular Hbond substituents is 1. The predicted molar refractivity (Wildman–Crippen MR) is 133 cm³/mol. The van der Waals surface area contributed by atoms with Crippen LogP contribution >= 0.6 is 0 Å². The minimum absolute atomic E-state index is 0.264. The fourth-order valence-electron chi connectivity index (χ4n) is 3.67. The fraction of sp³-hybridized carbons (Fsp3) is 0.286. The molecule has 0 radical (unpaired) electrons. The fourth-order valence-corrected chi connectivity index (χ4v) is 3.67. The van der Waals surface area contributed by atoms with Gasteiger partial charge in [-0.2, -0.15) is 0 Å². The molecule has 0 unspecified atom stereocenters. The number of benzene rings is 3. The van der Waals surface area contributed by atoms with Crippen molar-refractivity contribution in [3.8, 4) is 11.5 Å². The molecular formula is C28H31NO6. The summed E-state index contributed by atoms with van der Waals surface area (Å²) in [5.41, 5.74) is 2.71. The number of aromatic hydroxyl groups is 1. The molecule has 7 nitrogen and oxygen atoms in total. The van der Waals surface area contributed by atoms with Crippen molar-refractivity contribution in [3.05, 3.63) is 95.1 Å². The zero-order chi connectivity index (χ0) is 25.0. The van der Waals surface area contributed by atoms with Gasteiger partial charge in [0.1, 0.15) is 18.1 Å². The highest BCUT2D eigenvalue weighted by Crippen LogP contribution is 2.19. The van der Waals surface area contributed by atoms with Crippen LogP contribution in [0.2, 0.25) is 0 Å². The number of carbonyl (C=O) groups is 2. The predicted octanol–water partition coefficient (Wildman–Crippen LogP) is 4.48. The smallest absolute Gasteiger partial charge is 0.338 e. The van der Waals surface area contributed by atoms with Gasteiger partial charge in [-0.15, -0.1) is 0 Å². The molecule has 3 aromatic carbocycles. The van der Waals surface area contributed by atoms with E-state index < -0.39 is 0 Å². The van der Waals surface area contributed by atoms with E-state index in [-0.39, 0.29) is 17.7 Å². The van der Waals surface area contributed by atoms with E-state index in [1.54, 1.807) is 49.4 Å². The van der Waals surface area contributed by atoms with Gasteiger partial charge in [-0.05, 0) is 60.9 Å². The first-order valence-electron chi connectivity index (χ1n) is 11.6. The van der Waals surface area contributed by atoms with Gasteiger partial charge in [0, 0.05) is 19.6 Å². The summed E-state index contributed by atoms with van der Waals surface area (Å²) in [5, 5.41) is 10.1. The van der Waals surface area contributed by atoms with Crippen molar-refractivity contribution < 1.29 is 28.9 Å². The molecule has 3 rings (SSSR count). The molecule has 0 saturated carbocycles. The van der Waals surface area contributed by atoms with Crippen LogP contribution in [0.15, 0.2) is 72.8 Å². The standard InChI is InChI=1S/C28H31NO6/c1-3-34-27(31)22-12-14-24(15-13-22)35-19-18-29(17-16-21-8-5-7-11-26(21)30)20-23-9-4-6-10-25(23)28(32)33-2/h4-15,30H,3,16-20H2,1-2H3. The van der Waals surface area contributed by atoms with Crippen molar-refractivity contribution >= 4 is 11.9 Å². The van der Waals surface area contributed by atoms with Crippen molar-refractivity contribution in [2.75, 3.05) is 33.4 Å². The van der Waals surface area contributed by atoms with E-state index in [9.17, 15) is 14.7 Å². The lowest BCUT2D eigenvalue weighted by atomic mass is 10.1. The van der Waals surface area contributed by atoms with Crippen molar-refractivity contribution in [2.45, 2.75) is 19.9 Å². The molecule has 0 spiro atoms. The van der Waals surface area contributed by atoms with E-state index in [2.05, 4.69) is 4.90 Å². The molecule has 0 heterocycles. The number of nitrogens with zero attached hydrogens (tertiary/aromatic N) is 1. The largest absolute Gasteiger partial charge is 0.508 e. The Morgan fingerprint density at radius 3 is 2.23 bits per heavy atom. The molecule has 0 atom stereocenters. The Morgan fingerprint density at radius 2 is 1.54 bits per heavy atom. The Labute approximate surface area is 205 Å². The van der Waals surface area contributed by atoms with Crippen LogP contribution in [0.3, 0.4) is 0 Å². The Kier molecular flexibility index (Phi) is 9.69. The molecule has 0 amide bonds. The van der Waals surface area contributed by atoms with Gasteiger partial charge in [-0.1, -0.05) is 36.4 Å². The van der Waals surface area contributed by atoms with Crippen LogP contribution in [0.1, 0.15) is 38.8 Å². The van der Waals surface area contributed by atoms with Crippen molar-refractivity contribution in [1.82, 2.24) is 4.90 Å². The highest BCUT2D eigenvalue weighted by atomic mass is 16.5. The third-order valence-electron chi connectivity index (χ3n) is 5.55. The molecular weight excluding hydrogens is 446 g/mol. The number of esters is 2. The maximum absolute atomic E-state index is 12.2. The average molecular weight is 478 g/mol. The van der Waals surface area contributed by atoms with E-state index in [1.165, 1.54) is 7.11 Å². The summed E-state index contributed by atoms with van der Waals surface area (Å²) in [6.07, 6.45) is 0.640. The lowest BCUT2D eigenvalue weighted by Crippen LogP contribution is -2.31. The summed E-state index contributed by atoms with van der Waals surface area (Å²) >= 11 is 0. The summed E-state index contributed by atoms with van der Waals surface area (Å²) in [4.78, 5) is 26.2. The summed E-state index contributed by atoms with van der Waals surface area (Å²) in [7, 11) is 1.37. The highest BCUT2D eigenvalue weighted by Gasteiger charge is 2.15. The van der Waals surface area contributed by atoms with Gasteiger partial charge >= 0.3 is 11.9 Å². The minimum Gasteiger partial charge on any atom is -0.508 e. The van der Waals surface area contributed by atoms with E-state index >= 15 is 0 Å². The first kappa shape index (κ1) is 25.8. The van der Waals surface area contributed by atoms with Gasteiger partial charge in [-0.25, -0.2) is 9.59 Å². The third-order valence-corrected chi connectivity index (χ3v) is 5.55. The minimum atomic E-state index is -0.376. The number of methoxy groups -OCH3 is 1. The SMILES string of the molecule is CCOC(=O)c1ccc(OCCN(CCc2ccccc2O)Cc2ccccc2C(=O)OC)cc1. The molecule has 1 N–H and O–H groups in total. The average Bonchev–Trinajstić information content (AvgIpc) is 2.88. The number of para-hydroxylation sites is 1. The van der Waals surface area contributed by atoms with Gasteiger partial charge in [0.2, 0.25) is 0 Å². The topological polar surface area (TPSA) is 85.3 Å².